The number of rotatable bonds is 6. The van der Waals surface area contributed by atoms with Crippen LogP contribution < -0.4 is 10.5 Å². The molecular formula is C15H19NOS. The van der Waals surface area contributed by atoms with Gasteiger partial charge in [-0.05, 0) is 48.9 Å². The maximum Gasteiger partial charge on any atom is 0.119 e. The molecule has 0 aliphatic carbocycles. The maximum atomic E-state index is 6.15. The van der Waals surface area contributed by atoms with E-state index in [0.29, 0.717) is 6.61 Å². The lowest BCUT2D eigenvalue weighted by Crippen LogP contribution is -2.09. The molecule has 2 nitrogen and oxygen atoms in total. The molecule has 18 heavy (non-hydrogen) atoms. The van der Waals surface area contributed by atoms with Crippen LogP contribution in [-0.4, -0.2) is 6.61 Å². The van der Waals surface area contributed by atoms with Crippen LogP contribution in [0.3, 0.4) is 0 Å². The molecular weight excluding hydrogens is 242 g/mol. The van der Waals surface area contributed by atoms with Crippen molar-refractivity contribution < 1.29 is 4.74 Å². The molecule has 1 aromatic carbocycles. The topological polar surface area (TPSA) is 35.2 Å². The van der Waals surface area contributed by atoms with Crippen molar-refractivity contribution in [2.75, 3.05) is 6.61 Å². The number of hydrogen-bond acceptors (Lipinski definition) is 3. The second-order valence-corrected chi connectivity index (χ2v) is 5.22. The van der Waals surface area contributed by atoms with E-state index >= 15 is 0 Å². The van der Waals surface area contributed by atoms with Crippen molar-refractivity contribution in [1.82, 2.24) is 0 Å². The van der Waals surface area contributed by atoms with Crippen LogP contribution in [0.15, 0.2) is 41.8 Å². The van der Waals surface area contributed by atoms with E-state index in [1.165, 1.54) is 10.4 Å². The maximum absolute atomic E-state index is 6.15. The molecule has 1 aromatic heterocycles. The summed E-state index contributed by atoms with van der Waals surface area (Å²) in [5.41, 5.74) is 7.46. The van der Waals surface area contributed by atoms with Crippen LogP contribution in [0.4, 0.5) is 0 Å². The highest BCUT2D eigenvalue weighted by Crippen LogP contribution is 2.22. The van der Waals surface area contributed by atoms with Crippen LogP contribution in [0.5, 0.6) is 5.75 Å². The minimum absolute atomic E-state index is 0.150. The SMILES string of the molecule is CCOc1ccc(CCC(N)c2cccs2)cc1. The summed E-state index contributed by atoms with van der Waals surface area (Å²) in [6, 6.07) is 12.6. The molecule has 0 aliphatic rings. The van der Waals surface area contributed by atoms with Gasteiger partial charge in [0, 0.05) is 10.9 Å². The van der Waals surface area contributed by atoms with Gasteiger partial charge < -0.3 is 10.5 Å². The fourth-order valence-electron chi connectivity index (χ4n) is 1.89. The average Bonchev–Trinajstić information content (AvgIpc) is 2.92. The van der Waals surface area contributed by atoms with Crippen molar-refractivity contribution in [3.05, 3.63) is 52.2 Å². The van der Waals surface area contributed by atoms with Crippen molar-refractivity contribution in [2.45, 2.75) is 25.8 Å². The first-order valence-electron chi connectivity index (χ1n) is 6.30. The van der Waals surface area contributed by atoms with E-state index in [2.05, 4.69) is 29.6 Å². The Bertz CT molecular complexity index is 450. The third-order valence-electron chi connectivity index (χ3n) is 2.89. The molecule has 0 spiro atoms. The first-order valence-corrected chi connectivity index (χ1v) is 7.18. The highest BCUT2D eigenvalue weighted by molar-refractivity contribution is 7.10. The van der Waals surface area contributed by atoms with Gasteiger partial charge in [0.05, 0.1) is 6.61 Å². The smallest absolute Gasteiger partial charge is 0.119 e. The van der Waals surface area contributed by atoms with Crippen LogP contribution in [0.2, 0.25) is 0 Å². The van der Waals surface area contributed by atoms with Gasteiger partial charge in [0.25, 0.3) is 0 Å². The molecule has 0 saturated heterocycles. The van der Waals surface area contributed by atoms with Gasteiger partial charge in [0.15, 0.2) is 0 Å². The van der Waals surface area contributed by atoms with Crippen LogP contribution in [0, 0.1) is 0 Å². The molecule has 0 radical (unpaired) electrons. The van der Waals surface area contributed by atoms with Gasteiger partial charge in [-0.15, -0.1) is 11.3 Å². The molecule has 0 fully saturated rings. The quantitative estimate of drug-likeness (QED) is 0.859. The normalized spacial score (nSPS) is 12.3. The number of benzene rings is 1. The van der Waals surface area contributed by atoms with Crippen molar-refractivity contribution in [3.8, 4) is 5.75 Å². The van der Waals surface area contributed by atoms with Crippen molar-refractivity contribution in [3.63, 3.8) is 0 Å². The third-order valence-corrected chi connectivity index (χ3v) is 3.89. The number of ether oxygens (including phenoxy) is 1. The minimum Gasteiger partial charge on any atom is -0.494 e. The van der Waals surface area contributed by atoms with E-state index < -0.39 is 0 Å². The van der Waals surface area contributed by atoms with E-state index in [0.717, 1.165) is 18.6 Å². The molecule has 1 heterocycles. The largest absolute Gasteiger partial charge is 0.494 e. The first-order chi connectivity index (χ1) is 8.79. The second kappa shape index (κ2) is 6.57. The highest BCUT2D eigenvalue weighted by Gasteiger charge is 2.06. The molecule has 1 atom stereocenters. The predicted molar refractivity (Wildman–Crippen MR) is 77.2 cm³/mol. The lowest BCUT2D eigenvalue weighted by molar-refractivity contribution is 0.340. The van der Waals surface area contributed by atoms with Crippen molar-refractivity contribution in [2.24, 2.45) is 5.73 Å². The molecule has 0 saturated carbocycles. The lowest BCUT2D eigenvalue weighted by atomic mass is 10.0. The van der Waals surface area contributed by atoms with Crippen LogP contribution >= 0.6 is 11.3 Å². The lowest BCUT2D eigenvalue weighted by Gasteiger charge is -2.10. The Hall–Kier alpha value is -1.32. The van der Waals surface area contributed by atoms with Gasteiger partial charge in [0.2, 0.25) is 0 Å². The van der Waals surface area contributed by atoms with Crippen LogP contribution in [0.1, 0.15) is 29.8 Å². The molecule has 3 heteroatoms. The number of nitrogens with two attached hydrogens (primary N) is 1. The Labute approximate surface area is 112 Å². The van der Waals surface area contributed by atoms with Crippen molar-refractivity contribution in [1.29, 1.82) is 0 Å². The van der Waals surface area contributed by atoms with Crippen LogP contribution in [-0.2, 0) is 6.42 Å². The zero-order chi connectivity index (χ0) is 12.8. The summed E-state index contributed by atoms with van der Waals surface area (Å²) in [6.45, 7) is 2.70. The molecule has 0 aliphatic heterocycles. The van der Waals surface area contributed by atoms with Gasteiger partial charge >= 0.3 is 0 Å². The molecule has 0 bridgehead atoms. The highest BCUT2D eigenvalue weighted by atomic mass is 32.1. The molecule has 2 N–H and O–H groups in total. The van der Waals surface area contributed by atoms with E-state index in [-0.39, 0.29) is 6.04 Å². The van der Waals surface area contributed by atoms with E-state index in [4.69, 9.17) is 10.5 Å². The summed E-state index contributed by atoms with van der Waals surface area (Å²) in [4.78, 5) is 1.26. The Morgan fingerprint density at radius 1 is 1.22 bits per heavy atom. The minimum atomic E-state index is 0.150. The molecule has 1 unspecified atom stereocenters. The Morgan fingerprint density at radius 3 is 2.61 bits per heavy atom. The number of aryl methyl sites for hydroxylation is 1. The third kappa shape index (κ3) is 3.59. The first kappa shape index (κ1) is 13.1. The summed E-state index contributed by atoms with van der Waals surface area (Å²) in [7, 11) is 0. The van der Waals surface area contributed by atoms with Crippen LogP contribution in [0.25, 0.3) is 0 Å². The molecule has 2 aromatic rings. The number of thiophene rings is 1. The van der Waals surface area contributed by atoms with Gasteiger partial charge in [-0.3, -0.25) is 0 Å². The number of hydrogen-bond donors (Lipinski definition) is 1. The zero-order valence-corrected chi connectivity index (χ0v) is 11.5. The Morgan fingerprint density at radius 2 is 2.00 bits per heavy atom. The average molecular weight is 261 g/mol. The Kier molecular flexibility index (Phi) is 4.79. The molecule has 0 amide bonds. The summed E-state index contributed by atoms with van der Waals surface area (Å²) in [5, 5.41) is 2.08. The van der Waals surface area contributed by atoms with E-state index in [1.807, 2.05) is 19.1 Å². The van der Waals surface area contributed by atoms with Gasteiger partial charge in [-0.2, -0.15) is 0 Å². The summed E-state index contributed by atoms with van der Waals surface area (Å²) in [5.74, 6) is 0.934. The summed E-state index contributed by atoms with van der Waals surface area (Å²) >= 11 is 1.73. The molecule has 2 rings (SSSR count). The second-order valence-electron chi connectivity index (χ2n) is 4.24. The van der Waals surface area contributed by atoms with E-state index in [1.54, 1.807) is 11.3 Å². The van der Waals surface area contributed by atoms with Crippen molar-refractivity contribution >= 4 is 11.3 Å². The zero-order valence-electron chi connectivity index (χ0n) is 10.6. The van der Waals surface area contributed by atoms with Gasteiger partial charge in [-0.25, -0.2) is 0 Å². The summed E-state index contributed by atoms with van der Waals surface area (Å²) < 4.78 is 5.42. The fraction of sp³-hybridized carbons (Fsp3) is 0.333. The van der Waals surface area contributed by atoms with E-state index in [9.17, 15) is 0 Å². The van der Waals surface area contributed by atoms with Gasteiger partial charge in [-0.1, -0.05) is 18.2 Å². The standard InChI is InChI=1S/C15H19NOS/c1-2-17-13-8-5-12(6-9-13)7-10-14(16)15-4-3-11-18-15/h3-6,8-9,11,14H,2,7,10,16H2,1H3. The fourth-order valence-corrected chi connectivity index (χ4v) is 2.65. The molecule has 96 valence electrons. The predicted octanol–water partition coefficient (Wildman–Crippen LogP) is 3.78. The monoisotopic (exact) mass is 261 g/mol. The Balaban J connectivity index is 1.86. The van der Waals surface area contributed by atoms with Gasteiger partial charge in [0.1, 0.15) is 5.75 Å². The summed E-state index contributed by atoms with van der Waals surface area (Å²) in [6.07, 6.45) is 1.99.